The van der Waals surface area contributed by atoms with E-state index in [1.165, 1.54) is 0 Å². The van der Waals surface area contributed by atoms with Crippen LogP contribution in [-0.2, 0) is 6.54 Å². The standard InChI is InChI=1S/C19H18FN3/c1-13-14-6-7-16-18(15(14)8-12-22(13)2)19-17(5-3-10-21-19)23(16)11-4-9-20/h3,5-8,10,12H,1,4,9,11H2,2H3. The molecule has 0 fully saturated rings. The van der Waals surface area contributed by atoms with Crippen LogP contribution in [0, 0.1) is 0 Å². The van der Waals surface area contributed by atoms with Gasteiger partial charge in [0, 0.05) is 42.6 Å². The van der Waals surface area contributed by atoms with Crippen LogP contribution in [0.15, 0.2) is 43.2 Å². The largest absolute Gasteiger partial charge is 0.351 e. The molecule has 0 atom stereocenters. The molecule has 0 amide bonds. The fourth-order valence-electron chi connectivity index (χ4n) is 3.37. The molecule has 4 rings (SSSR count). The summed E-state index contributed by atoms with van der Waals surface area (Å²) in [6, 6.07) is 8.19. The maximum atomic E-state index is 12.7. The molecule has 1 aromatic carbocycles. The van der Waals surface area contributed by atoms with E-state index >= 15 is 0 Å². The summed E-state index contributed by atoms with van der Waals surface area (Å²) in [5.41, 5.74) is 6.38. The summed E-state index contributed by atoms with van der Waals surface area (Å²) in [4.78, 5) is 6.62. The Labute approximate surface area is 134 Å². The Hall–Kier alpha value is -2.62. The van der Waals surface area contributed by atoms with Crippen LogP contribution in [0.3, 0.4) is 0 Å². The Bertz CT molecular complexity index is 952. The van der Waals surface area contributed by atoms with Crippen LogP contribution in [0.1, 0.15) is 17.5 Å². The Balaban J connectivity index is 2.09. The number of fused-ring (bicyclic) bond motifs is 5. The number of hydrogen-bond acceptors (Lipinski definition) is 2. The van der Waals surface area contributed by atoms with Gasteiger partial charge in [0.05, 0.1) is 23.2 Å². The molecular formula is C19H18FN3. The summed E-state index contributed by atoms with van der Waals surface area (Å²) in [6.07, 6.45) is 6.46. The Morgan fingerprint density at radius 1 is 1.22 bits per heavy atom. The molecule has 3 nitrogen and oxygen atoms in total. The van der Waals surface area contributed by atoms with Crippen LogP contribution in [0.25, 0.3) is 33.7 Å². The third kappa shape index (κ3) is 1.98. The third-order valence-electron chi connectivity index (χ3n) is 4.55. The summed E-state index contributed by atoms with van der Waals surface area (Å²) in [5.74, 6) is 0. The minimum absolute atomic E-state index is 0.312. The van der Waals surface area contributed by atoms with Gasteiger partial charge in [-0.05, 0) is 36.3 Å². The topological polar surface area (TPSA) is 21.1 Å². The zero-order valence-electron chi connectivity index (χ0n) is 13.1. The number of benzene rings is 1. The van der Waals surface area contributed by atoms with Crippen LogP contribution in [0.4, 0.5) is 4.39 Å². The second-order valence-corrected chi connectivity index (χ2v) is 5.86. The monoisotopic (exact) mass is 307 g/mol. The fraction of sp³-hybridized carbons (Fsp3) is 0.211. The number of rotatable bonds is 3. The molecule has 0 unspecified atom stereocenters. The zero-order chi connectivity index (χ0) is 16.0. The van der Waals surface area contributed by atoms with Gasteiger partial charge in [-0.25, -0.2) is 0 Å². The highest BCUT2D eigenvalue weighted by Gasteiger charge is 2.20. The van der Waals surface area contributed by atoms with Crippen molar-refractivity contribution in [3.8, 4) is 0 Å². The van der Waals surface area contributed by atoms with Crippen molar-refractivity contribution in [2.75, 3.05) is 13.7 Å². The molecule has 1 aliphatic heterocycles. The van der Waals surface area contributed by atoms with Gasteiger partial charge in [0.15, 0.2) is 0 Å². The van der Waals surface area contributed by atoms with Gasteiger partial charge in [0.1, 0.15) is 0 Å². The van der Waals surface area contributed by atoms with Gasteiger partial charge >= 0.3 is 0 Å². The second kappa shape index (κ2) is 5.23. The number of nitrogens with zero attached hydrogens (tertiary/aromatic N) is 3. The maximum Gasteiger partial charge on any atom is 0.0966 e. The minimum Gasteiger partial charge on any atom is -0.351 e. The van der Waals surface area contributed by atoms with E-state index in [9.17, 15) is 4.39 Å². The van der Waals surface area contributed by atoms with Crippen molar-refractivity contribution in [2.24, 2.45) is 0 Å². The van der Waals surface area contributed by atoms with E-state index in [1.807, 2.05) is 30.4 Å². The van der Waals surface area contributed by atoms with Gasteiger partial charge in [0.25, 0.3) is 0 Å². The average molecular weight is 307 g/mol. The van der Waals surface area contributed by atoms with Crippen LogP contribution in [-0.4, -0.2) is 28.2 Å². The van der Waals surface area contributed by atoms with E-state index in [2.05, 4.69) is 40.4 Å². The Kier molecular flexibility index (Phi) is 3.18. The van der Waals surface area contributed by atoms with Crippen LogP contribution >= 0.6 is 0 Å². The van der Waals surface area contributed by atoms with Gasteiger partial charge in [-0.1, -0.05) is 12.6 Å². The molecule has 0 bridgehead atoms. The number of aromatic nitrogens is 2. The van der Waals surface area contributed by atoms with E-state index in [1.54, 1.807) is 0 Å². The van der Waals surface area contributed by atoms with Crippen molar-refractivity contribution in [3.63, 3.8) is 0 Å². The van der Waals surface area contributed by atoms with Gasteiger partial charge in [-0.15, -0.1) is 0 Å². The molecule has 3 aromatic rings. The molecule has 0 N–H and O–H groups in total. The van der Waals surface area contributed by atoms with Gasteiger partial charge in [-0.2, -0.15) is 0 Å². The van der Waals surface area contributed by atoms with E-state index in [0.29, 0.717) is 13.0 Å². The van der Waals surface area contributed by atoms with Crippen molar-refractivity contribution in [1.29, 1.82) is 0 Å². The third-order valence-corrected chi connectivity index (χ3v) is 4.55. The lowest BCUT2D eigenvalue weighted by Gasteiger charge is -2.24. The molecule has 116 valence electrons. The number of halogens is 1. The first-order valence-corrected chi connectivity index (χ1v) is 7.78. The summed E-state index contributed by atoms with van der Waals surface area (Å²) >= 11 is 0. The first-order chi connectivity index (χ1) is 11.2. The molecule has 2 aromatic heterocycles. The molecule has 1 aliphatic rings. The molecule has 3 heterocycles. The van der Waals surface area contributed by atoms with Gasteiger partial charge < -0.3 is 9.47 Å². The SMILES string of the molecule is C=C1c2ccc3c(c2C=CN1C)c1ncccc1n3CCCF. The lowest BCUT2D eigenvalue weighted by molar-refractivity contribution is 0.452. The second-order valence-electron chi connectivity index (χ2n) is 5.86. The van der Waals surface area contributed by atoms with Crippen LogP contribution < -0.4 is 0 Å². The molecule has 0 saturated carbocycles. The zero-order valence-corrected chi connectivity index (χ0v) is 13.1. The Morgan fingerprint density at radius 3 is 2.91 bits per heavy atom. The van der Waals surface area contributed by atoms with Crippen molar-refractivity contribution >= 4 is 33.7 Å². The van der Waals surface area contributed by atoms with Crippen molar-refractivity contribution in [1.82, 2.24) is 14.5 Å². The van der Waals surface area contributed by atoms with Crippen molar-refractivity contribution in [2.45, 2.75) is 13.0 Å². The normalized spacial score (nSPS) is 14.0. The lowest BCUT2D eigenvalue weighted by atomic mass is 9.97. The van der Waals surface area contributed by atoms with Crippen LogP contribution in [0.2, 0.25) is 0 Å². The summed E-state index contributed by atoms with van der Waals surface area (Å²) < 4.78 is 14.9. The highest BCUT2D eigenvalue weighted by molar-refractivity contribution is 6.11. The van der Waals surface area contributed by atoms with Crippen molar-refractivity contribution < 1.29 is 4.39 Å². The highest BCUT2D eigenvalue weighted by atomic mass is 19.1. The molecule has 4 heteroatoms. The fourth-order valence-corrected chi connectivity index (χ4v) is 3.37. The molecule has 0 spiro atoms. The number of pyridine rings is 1. The maximum absolute atomic E-state index is 12.7. The summed E-state index contributed by atoms with van der Waals surface area (Å²) in [7, 11) is 1.99. The van der Waals surface area contributed by atoms with Gasteiger partial charge in [0.2, 0.25) is 0 Å². The summed E-state index contributed by atoms with van der Waals surface area (Å²) in [5, 5.41) is 1.13. The Morgan fingerprint density at radius 2 is 2.09 bits per heavy atom. The molecule has 23 heavy (non-hydrogen) atoms. The summed E-state index contributed by atoms with van der Waals surface area (Å²) in [6.45, 7) is 4.52. The quantitative estimate of drug-likeness (QED) is 0.713. The number of hydrogen-bond donors (Lipinski definition) is 0. The molecule has 0 saturated heterocycles. The average Bonchev–Trinajstić information content (AvgIpc) is 2.90. The first-order valence-electron chi connectivity index (χ1n) is 7.78. The van der Waals surface area contributed by atoms with Crippen LogP contribution in [0.5, 0.6) is 0 Å². The molecular weight excluding hydrogens is 289 g/mol. The number of alkyl halides is 1. The predicted molar refractivity (Wildman–Crippen MR) is 93.7 cm³/mol. The first kappa shape index (κ1) is 14.0. The lowest BCUT2D eigenvalue weighted by Crippen LogP contribution is -2.12. The van der Waals surface area contributed by atoms with E-state index in [4.69, 9.17) is 0 Å². The highest BCUT2D eigenvalue weighted by Crippen LogP contribution is 2.37. The molecule has 0 aliphatic carbocycles. The minimum atomic E-state index is -0.312. The van der Waals surface area contributed by atoms with Crippen molar-refractivity contribution in [3.05, 3.63) is 54.4 Å². The van der Waals surface area contributed by atoms with E-state index in [0.717, 1.165) is 38.8 Å². The molecule has 0 radical (unpaired) electrons. The number of aryl methyl sites for hydroxylation is 1. The van der Waals surface area contributed by atoms with E-state index in [-0.39, 0.29) is 6.67 Å². The predicted octanol–water partition coefficient (Wildman–Crippen LogP) is 4.44. The van der Waals surface area contributed by atoms with E-state index < -0.39 is 0 Å². The smallest absolute Gasteiger partial charge is 0.0966 e. The van der Waals surface area contributed by atoms with Gasteiger partial charge in [-0.3, -0.25) is 9.37 Å².